The van der Waals surface area contributed by atoms with Gasteiger partial charge in [0, 0.05) is 17.6 Å². The highest BCUT2D eigenvalue weighted by molar-refractivity contribution is 9.10. The smallest absolute Gasteiger partial charge is 0.236 e. The molecule has 0 bridgehead atoms. The fourth-order valence-corrected chi connectivity index (χ4v) is 2.03. The van der Waals surface area contributed by atoms with Crippen LogP contribution in [0.25, 0.3) is 0 Å². The molecule has 19 heavy (non-hydrogen) atoms. The number of hydrogen-bond acceptors (Lipinski definition) is 3. The molecule has 0 aliphatic rings. The highest BCUT2D eigenvalue weighted by atomic mass is 79.9. The monoisotopic (exact) mass is 328 g/mol. The Hall–Kier alpha value is -0.910. The second-order valence-corrected chi connectivity index (χ2v) is 5.41. The van der Waals surface area contributed by atoms with Crippen LogP contribution in [0.1, 0.15) is 31.9 Å². The van der Waals surface area contributed by atoms with Gasteiger partial charge < -0.3 is 15.7 Å². The fraction of sp³-hybridized carbons (Fsp3) is 0.500. The van der Waals surface area contributed by atoms with E-state index in [0.717, 1.165) is 16.5 Å². The standard InChI is InChI=1S/C14H21BrN2O2/c1-3-7-16-14(19)10(2)17-9-13(18)11-5-4-6-12(15)8-11/h4-6,8,10,13,17-18H,3,7,9H2,1-2H3,(H,16,19). The number of hydrogen-bond donors (Lipinski definition) is 3. The molecule has 1 rings (SSSR count). The summed E-state index contributed by atoms with van der Waals surface area (Å²) in [5, 5.41) is 15.9. The van der Waals surface area contributed by atoms with Gasteiger partial charge in [0.25, 0.3) is 0 Å². The van der Waals surface area contributed by atoms with Gasteiger partial charge in [0.2, 0.25) is 5.91 Å². The van der Waals surface area contributed by atoms with Crippen molar-refractivity contribution >= 4 is 21.8 Å². The molecule has 1 aromatic carbocycles. The van der Waals surface area contributed by atoms with Gasteiger partial charge >= 0.3 is 0 Å². The van der Waals surface area contributed by atoms with E-state index < -0.39 is 6.10 Å². The molecule has 0 aliphatic heterocycles. The predicted octanol–water partition coefficient (Wildman–Crippen LogP) is 1.99. The summed E-state index contributed by atoms with van der Waals surface area (Å²) in [7, 11) is 0. The van der Waals surface area contributed by atoms with Crippen LogP contribution in [0, 0.1) is 0 Å². The number of carbonyl (C=O) groups is 1. The number of halogens is 1. The maximum absolute atomic E-state index is 11.6. The number of nitrogens with one attached hydrogen (secondary N) is 2. The third-order valence-corrected chi connectivity index (χ3v) is 3.29. The van der Waals surface area contributed by atoms with Gasteiger partial charge in [0.1, 0.15) is 0 Å². The van der Waals surface area contributed by atoms with Gasteiger partial charge in [0.05, 0.1) is 12.1 Å². The Morgan fingerprint density at radius 3 is 2.84 bits per heavy atom. The molecule has 0 saturated heterocycles. The molecule has 2 unspecified atom stereocenters. The van der Waals surface area contributed by atoms with Crippen LogP contribution in [0.5, 0.6) is 0 Å². The van der Waals surface area contributed by atoms with Crippen LogP contribution in [0.4, 0.5) is 0 Å². The number of benzene rings is 1. The fourth-order valence-electron chi connectivity index (χ4n) is 1.61. The maximum Gasteiger partial charge on any atom is 0.236 e. The number of amides is 1. The van der Waals surface area contributed by atoms with Gasteiger partial charge in [-0.1, -0.05) is 35.0 Å². The van der Waals surface area contributed by atoms with Crippen molar-refractivity contribution in [3.8, 4) is 0 Å². The summed E-state index contributed by atoms with van der Waals surface area (Å²) >= 11 is 3.37. The molecular formula is C14H21BrN2O2. The number of rotatable bonds is 7. The van der Waals surface area contributed by atoms with Crippen molar-refractivity contribution < 1.29 is 9.90 Å². The summed E-state index contributed by atoms with van der Waals surface area (Å²) in [6, 6.07) is 7.20. The first-order valence-corrected chi connectivity index (χ1v) is 7.28. The predicted molar refractivity (Wildman–Crippen MR) is 79.9 cm³/mol. The molecule has 3 N–H and O–H groups in total. The first-order chi connectivity index (χ1) is 9.04. The average molecular weight is 329 g/mol. The van der Waals surface area contributed by atoms with Crippen molar-refractivity contribution in [1.29, 1.82) is 0 Å². The van der Waals surface area contributed by atoms with Crippen LogP contribution in [0.15, 0.2) is 28.7 Å². The summed E-state index contributed by atoms with van der Waals surface area (Å²) < 4.78 is 0.929. The first-order valence-electron chi connectivity index (χ1n) is 6.49. The zero-order chi connectivity index (χ0) is 14.3. The molecule has 1 amide bonds. The van der Waals surface area contributed by atoms with E-state index in [1.807, 2.05) is 31.2 Å². The molecule has 0 heterocycles. The van der Waals surface area contributed by atoms with Crippen LogP contribution in [-0.4, -0.2) is 30.1 Å². The average Bonchev–Trinajstić information content (AvgIpc) is 2.41. The molecule has 5 heteroatoms. The second-order valence-electron chi connectivity index (χ2n) is 4.49. The molecule has 1 aromatic rings. The Balaban J connectivity index is 2.41. The number of aliphatic hydroxyl groups is 1. The molecule has 0 fully saturated rings. The van der Waals surface area contributed by atoms with Gasteiger partial charge in [-0.2, -0.15) is 0 Å². The Morgan fingerprint density at radius 2 is 2.21 bits per heavy atom. The molecule has 0 radical (unpaired) electrons. The normalized spacial score (nSPS) is 13.9. The lowest BCUT2D eigenvalue weighted by Gasteiger charge is -2.17. The minimum atomic E-state index is -0.626. The van der Waals surface area contributed by atoms with E-state index in [-0.39, 0.29) is 11.9 Å². The second kappa shape index (κ2) is 8.30. The van der Waals surface area contributed by atoms with E-state index in [4.69, 9.17) is 0 Å². The zero-order valence-electron chi connectivity index (χ0n) is 11.3. The van der Waals surface area contributed by atoms with Crippen LogP contribution >= 0.6 is 15.9 Å². The Morgan fingerprint density at radius 1 is 1.47 bits per heavy atom. The maximum atomic E-state index is 11.6. The van der Waals surface area contributed by atoms with Crippen molar-refractivity contribution in [3.05, 3.63) is 34.3 Å². The van der Waals surface area contributed by atoms with Gasteiger partial charge in [-0.05, 0) is 31.0 Å². The lowest BCUT2D eigenvalue weighted by atomic mass is 10.1. The molecule has 106 valence electrons. The zero-order valence-corrected chi connectivity index (χ0v) is 12.9. The molecule has 2 atom stereocenters. The van der Waals surface area contributed by atoms with Gasteiger partial charge in [-0.3, -0.25) is 4.79 Å². The topological polar surface area (TPSA) is 61.4 Å². The molecule has 0 aromatic heterocycles. The Kier molecular flexibility index (Phi) is 7.05. The van der Waals surface area contributed by atoms with Crippen molar-refractivity contribution in [3.63, 3.8) is 0 Å². The summed E-state index contributed by atoms with van der Waals surface area (Å²) in [6.45, 7) is 4.82. The van der Waals surface area contributed by atoms with E-state index in [2.05, 4.69) is 26.6 Å². The largest absolute Gasteiger partial charge is 0.387 e. The highest BCUT2D eigenvalue weighted by Crippen LogP contribution is 2.17. The lowest BCUT2D eigenvalue weighted by Crippen LogP contribution is -2.43. The lowest BCUT2D eigenvalue weighted by molar-refractivity contribution is -0.122. The molecular weight excluding hydrogens is 308 g/mol. The van der Waals surface area contributed by atoms with E-state index in [9.17, 15) is 9.90 Å². The summed E-state index contributed by atoms with van der Waals surface area (Å²) in [4.78, 5) is 11.6. The van der Waals surface area contributed by atoms with Gasteiger partial charge in [-0.25, -0.2) is 0 Å². The molecule has 0 spiro atoms. The van der Waals surface area contributed by atoms with Crippen LogP contribution in [0.2, 0.25) is 0 Å². The van der Waals surface area contributed by atoms with Crippen molar-refractivity contribution in [2.24, 2.45) is 0 Å². The Labute approximate surface area is 122 Å². The van der Waals surface area contributed by atoms with Crippen LogP contribution in [0.3, 0.4) is 0 Å². The summed E-state index contributed by atoms with van der Waals surface area (Å²) in [5.74, 6) is -0.0386. The molecule has 0 aliphatic carbocycles. The van der Waals surface area contributed by atoms with Gasteiger partial charge in [0.15, 0.2) is 0 Å². The van der Waals surface area contributed by atoms with E-state index >= 15 is 0 Å². The Bertz CT molecular complexity index is 412. The third-order valence-electron chi connectivity index (χ3n) is 2.79. The van der Waals surface area contributed by atoms with Crippen LogP contribution in [-0.2, 0) is 4.79 Å². The van der Waals surface area contributed by atoms with Crippen LogP contribution < -0.4 is 10.6 Å². The van der Waals surface area contributed by atoms with Gasteiger partial charge in [-0.15, -0.1) is 0 Å². The summed E-state index contributed by atoms with van der Waals surface area (Å²) in [6.07, 6.45) is 0.290. The minimum absolute atomic E-state index is 0.0386. The van der Waals surface area contributed by atoms with E-state index in [1.165, 1.54) is 0 Å². The number of aliphatic hydroxyl groups excluding tert-OH is 1. The van der Waals surface area contributed by atoms with Crippen molar-refractivity contribution in [1.82, 2.24) is 10.6 Å². The summed E-state index contributed by atoms with van der Waals surface area (Å²) in [5.41, 5.74) is 0.822. The highest BCUT2D eigenvalue weighted by Gasteiger charge is 2.14. The third kappa shape index (κ3) is 5.72. The number of carbonyl (C=O) groups excluding carboxylic acids is 1. The SMILES string of the molecule is CCCNC(=O)C(C)NCC(O)c1cccc(Br)c1. The van der Waals surface area contributed by atoms with E-state index in [1.54, 1.807) is 6.92 Å². The minimum Gasteiger partial charge on any atom is -0.387 e. The van der Waals surface area contributed by atoms with E-state index in [0.29, 0.717) is 13.1 Å². The van der Waals surface area contributed by atoms with Crippen molar-refractivity contribution in [2.45, 2.75) is 32.4 Å². The first kappa shape index (κ1) is 16.1. The molecule has 0 saturated carbocycles. The molecule has 4 nitrogen and oxygen atoms in total. The van der Waals surface area contributed by atoms with Crippen molar-refractivity contribution in [2.75, 3.05) is 13.1 Å². The quantitative estimate of drug-likeness (QED) is 0.717.